The van der Waals surface area contributed by atoms with Gasteiger partial charge < -0.3 is 15.2 Å². The van der Waals surface area contributed by atoms with Crippen LogP contribution in [0.3, 0.4) is 0 Å². The van der Waals surface area contributed by atoms with Gasteiger partial charge in [0.25, 0.3) is 0 Å². The molecule has 164 valence electrons. The molecule has 0 amide bonds. The second kappa shape index (κ2) is 9.45. The van der Waals surface area contributed by atoms with Crippen molar-refractivity contribution in [3.8, 4) is 11.4 Å². The van der Waals surface area contributed by atoms with E-state index in [0.29, 0.717) is 28.5 Å². The molecule has 2 aromatic carbocycles. The normalized spacial score (nSPS) is 16.4. The minimum absolute atomic E-state index is 0.483. The van der Waals surface area contributed by atoms with E-state index in [1.165, 1.54) is 12.0 Å². The summed E-state index contributed by atoms with van der Waals surface area (Å²) in [5.74, 6) is 1.79. The van der Waals surface area contributed by atoms with E-state index in [2.05, 4.69) is 32.3 Å². The topological polar surface area (TPSA) is 67.7 Å². The average molecular weight is 467 g/mol. The zero-order chi connectivity index (χ0) is 21.9. The number of nitrogens with one attached hydrogen (secondary N) is 2. The van der Waals surface area contributed by atoms with Crippen molar-refractivity contribution in [2.45, 2.75) is 25.9 Å². The van der Waals surface area contributed by atoms with Crippen LogP contribution in [0.5, 0.6) is 0 Å². The van der Waals surface area contributed by atoms with E-state index in [9.17, 15) is 0 Å². The molecule has 0 aliphatic carbocycles. The summed E-state index contributed by atoms with van der Waals surface area (Å²) >= 11 is 13.1. The largest absolute Gasteiger partial charge is 0.350 e. The third kappa shape index (κ3) is 4.44. The first-order valence-corrected chi connectivity index (χ1v) is 11.6. The first-order valence-electron chi connectivity index (χ1n) is 10.8. The summed E-state index contributed by atoms with van der Waals surface area (Å²) in [4.78, 5) is 14.2. The monoisotopic (exact) mass is 466 g/mol. The van der Waals surface area contributed by atoms with Crippen molar-refractivity contribution in [3.63, 3.8) is 0 Å². The van der Waals surface area contributed by atoms with Gasteiger partial charge in [-0.2, -0.15) is 4.98 Å². The highest BCUT2D eigenvalue weighted by atomic mass is 35.5. The van der Waals surface area contributed by atoms with Crippen molar-refractivity contribution < 1.29 is 0 Å². The lowest BCUT2D eigenvalue weighted by atomic mass is 9.99. The van der Waals surface area contributed by atoms with E-state index < -0.39 is 0 Å². The third-order valence-electron chi connectivity index (χ3n) is 5.81. The maximum absolute atomic E-state index is 6.56. The van der Waals surface area contributed by atoms with Crippen molar-refractivity contribution >= 4 is 40.3 Å². The molecule has 2 N–H and O–H groups in total. The maximum atomic E-state index is 6.56. The van der Waals surface area contributed by atoms with E-state index in [4.69, 9.17) is 33.2 Å². The molecule has 1 saturated heterocycles. The number of rotatable bonds is 6. The molecule has 2 aromatic heterocycles. The molecule has 0 spiro atoms. The molecule has 1 unspecified atom stereocenters. The number of hydrogen-bond donors (Lipinski definition) is 2. The summed E-state index contributed by atoms with van der Waals surface area (Å²) < 4.78 is 2.15. The van der Waals surface area contributed by atoms with E-state index in [-0.39, 0.29) is 0 Å². The average Bonchev–Trinajstić information content (AvgIpc) is 3.16. The molecule has 0 bridgehead atoms. The molecule has 5 rings (SSSR count). The second-order valence-corrected chi connectivity index (χ2v) is 8.91. The van der Waals surface area contributed by atoms with Crippen molar-refractivity contribution in [3.05, 3.63) is 70.3 Å². The summed E-state index contributed by atoms with van der Waals surface area (Å²) in [7, 11) is 0. The number of piperidine rings is 1. The zero-order valence-electron chi connectivity index (χ0n) is 17.6. The van der Waals surface area contributed by atoms with E-state index in [1.54, 1.807) is 6.20 Å². The van der Waals surface area contributed by atoms with Crippen LogP contribution in [0.1, 0.15) is 18.4 Å². The standard InChI is InChI=1S/C24H24Cl2N6/c25-18-9-4-10-19(26)21(18)23-30-20-14-29-24(28-13-16-6-2-1-3-7-16)31-22(20)32(23)15-17-8-5-11-27-12-17/h1-4,6-7,9-10,14,17,27H,5,8,11-13,15H2,(H,28,29,31). The van der Waals surface area contributed by atoms with Crippen LogP contribution in [0.25, 0.3) is 22.6 Å². The molecule has 1 aliphatic rings. The van der Waals surface area contributed by atoms with E-state index in [0.717, 1.165) is 48.6 Å². The van der Waals surface area contributed by atoms with Crippen LogP contribution in [0.4, 0.5) is 5.95 Å². The van der Waals surface area contributed by atoms with Crippen LogP contribution >= 0.6 is 23.2 Å². The van der Waals surface area contributed by atoms with Gasteiger partial charge in [-0.15, -0.1) is 0 Å². The Balaban J connectivity index is 1.55. The Morgan fingerprint density at radius 3 is 2.59 bits per heavy atom. The highest BCUT2D eigenvalue weighted by molar-refractivity contribution is 6.39. The molecule has 1 atom stereocenters. The highest BCUT2D eigenvalue weighted by Gasteiger charge is 2.23. The van der Waals surface area contributed by atoms with Crippen LogP contribution in [0, 0.1) is 5.92 Å². The molecule has 3 heterocycles. The fourth-order valence-corrected chi connectivity index (χ4v) is 4.76. The van der Waals surface area contributed by atoms with Crippen molar-refractivity contribution in [1.82, 2.24) is 24.8 Å². The van der Waals surface area contributed by atoms with E-state index in [1.807, 2.05) is 36.4 Å². The molecule has 1 fully saturated rings. The molecular formula is C24H24Cl2N6. The van der Waals surface area contributed by atoms with Gasteiger partial charge in [0.2, 0.25) is 5.95 Å². The number of hydrogen-bond acceptors (Lipinski definition) is 5. The Morgan fingerprint density at radius 1 is 1.03 bits per heavy atom. The maximum Gasteiger partial charge on any atom is 0.225 e. The molecule has 0 saturated carbocycles. The first-order chi connectivity index (χ1) is 15.7. The molecular weight excluding hydrogens is 443 g/mol. The second-order valence-electron chi connectivity index (χ2n) is 8.10. The molecule has 4 aromatic rings. The van der Waals surface area contributed by atoms with Gasteiger partial charge in [0, 0.05) is 13.1 Å². The number of nitrogens with zero attached hydrogens (tertiary/aromatic N) is 4. The lowest BCUT2D eigenvalue weighted by molar-refractivity contribution is 0.341. The summed E-state index contributed by atoms with van der Waals surface area (Å²) in [6, 6.07) is 15.7. The number of halogens is 2. The van der Waals surface area contributed by atoms with Crippen LogP contribution in [0.15, 0.2) is 54.7 Å². The Morgan fingerprint density at radius 2 is 1.84 bits per heavy atom. The van der Waals surface area contributed by atoms with Gasteiger partial charge in [-0.1, -0.05) is 59.6 Å². The number of benzene rings is 2. The summed E-state index contributed by atoms with van der Waals surface area (Å²) in [6.07, 6.45) is 4.09. The Kier molecular flexibility index (Phi) is 6.26. The highest BCUT2D eigenvalue weighted by Crippen LogP contribution is 2.36. The van der Waals surface area contributed by atoms with E-state index >= 15 is 0 Å². The van der Waals surface area contributed by atoms with Crippen LogP contribution < -0.4 is 10.6 Å². The lowest BCUT2D eigenvalue weighted by Gasteiger charge is -2.24. The molecule has 6 nitrogen and oxygen atoms in total. The summed E-state index contributed by atoms with van der Waals surface area (Å²) in [5, 5.41) is 7.97. The van der Waals surface area contributed by atoms with Gasteiger partial charge >= 0.3 is 0 Å². The Hall–Kier alpha value is -2.67. The fourth-order valence-electron chi connectivity index (χ4n) is 4.19. The predicted octanol–water partition coefficient (Wildman–Crippen LogP) is 5.41. The first kappa shape index (κ1) is 21.2. The van der Waals surface area contributed by atoms with Gasteiger partial charge in [0.15, 0.2) is 5.65 Å². The van der Waals surface area contributed by atoms with Gasteiger partial charge in [0.05, 0.1) is 21.8 Å². The lowest BCUT2D eigenvalue weighted by Crippen LogP contribution is -2.32. The number of imidazole rings is 1. The smallest absolute Gasteiger partial charge is 0.225 e. The minimum atomic E-state index is 0.483. The van der Waals surface area contributed by atoms with Crippen molar-refractivity contribution in [1.29, 1.82) is 0 Å². The summed E-state index contributed by atoms with van der Waals surface area (Å²) in [5.41, 5.74) is 3.41. The molecule has 0 radical (unpaired) electrons. The van der Waals surface area contributed by atoms with Crippen molar-refractivity contribution in [2.24, 2.45) is 5.92 Å². The quantitative estimate of drug-likeness (QED) is 0.397. The Labute approximate surface area is 197 Å². The van der Waals surface area contributed by atoms with Crippen LogP contribution in [-0.2, 0) is 13.1 Å². The van der Waals surface area contributed by atoms with Crippen LogP contribution in [-0.4, -0.2) is 32.6 Å². The van der Waals surface area contributed by atoms with Crippen molar-refractivity contribution in [2.75, 3.05) is 18.4 Å². The third-order valence-corrected chi connectivity index (χ3v) is 6.44. The van der Waals surface area contributed by atoms with Gasteiger partial charge in [-0.05, 0) is 49.5 Å². The minimum Gasteiger partial charge on any atom is -0.350 e. The summed E-state index contributed by atoms with van der Waals surface area (Å²) in [6.45, 7) is 3.48. The van der Waals surface area contributed by atoms with Gasteiger partial charge in [-0.3, -0.25) is 0 Å². The number of fused-ring (bicyclic) bond motifs is 1. The Bertz CT molecular complexity index is 1200. The van der Waals surface area contributed by atoms with Gasteiger partial charge in [-0.25, -0.2) is 9.97 Å². The fraction of sp³-hybridized carbons (Fsp3) is 0.292. The predicted molar refractivity (Wildman–Crippen MR) is 130 cm³/mol. The SMILES string of the molecule is Clc1cccc(Cl)c1-c1nc2cnc(NCc3ccccc3)nc2n1CC1CCCNC1. The zero-order valence-corrected chi connectivity index (χ0v) is 19.1. The number of anilines is 1. The molecule has 32 heavy (non-hydrogen) atoms. The molecule has 8 heteroatoms. The number of aromatic nitrogens is 4. The van der Waals surface area contributed by atoms with Gasteiger partial charge in [0.1, 0.15) is 11.3 Å². The molecule has 1 aliphatic heterocycles. The van der Waals surface area contributed by atoms with Crippen LogP contribution in [0.2, 0.25) is 10.0 Å².